The second kappa shape index (κ2) is 8.02. The van der Waals surface area contributed by atoms with Crippen LogP contribution < -0.4 is 5.32 Å². The van der Waals surface area contributed by atoms with Crippen LogP contribution in [0.3, 0.4) is 0 Å². The molecular weight excluding hydrogens is 336 g/mol. The molecular formula is C18H20N4O2S. The minimum atomic E-state index is -0.0234. The van der Waals surface area contributed by atoms with Crippen molar-refractivity contribution in [3.05, 3.63) is 52.7 Å². The third-order valence-corrected chi connectivity index (χ3v) is 4.72. The van der Waals surface area contributed by atoms with Gasteiger partial charge in [0.05, 0.1) is 6.04 Å². The topological polar surface area (TPSA) is 80.9 Å². The fraction of sp³-hybridized carbons (Fsp3) is 0.333. The largest absolute Gasteiger partial charge is 0.348 e. The maximum atomic E-state index is 12.3. The molecule has 6 nitrogen and oxygen atoms in total. The number of aromatic nitrogens is 3. The van der Waals surface area contributed by atoms with Gasteiger partial charge >= 0.3 is 0 Å². The van der Waals surface area contributed by atoms with E-state index in [2.05, 4.69) is 34.3 Å². The Hall–Kier alpha value is -2.54. The van der Waals surface area contributed by atoms with E-state index in [0.717, 1.165) is 0 Å². The SMILES string of the molecule is CC(C)[C@@H](NC(=O)CCc1nc(-c2ccccn2)no1)c1cccs1. The number of amides is 1. The summed E-state index contributed by atoms with van der Waals surface area (Å²) in [6, 6.07) is 9.58. The maximum Gasteiger partial charge on any atom is 0.227 e. The maximum absolute atomic E-state index is 12.3. The van der Waals surface area contributed by atoms with Crippen LogP contribution in [-0.2, 0) is 11.2 Å². The highest BCUT2D eigenvalue weighted by molar-refractivity contribution is 7.10. The first-order valence-corrected chi connectivity index (χ1v) is 9.08. The van der Waals surface area contributed by atoms with Crippen LogP contribution in [0.2, 0.25) is 0 Å². The molecule has 25 heavy (non-hydrogen) atoms. The second-order valence-electron chi connectivity index (χ2n) is 6.03. The Kier molecular flexibility index (Phi) is 5.55. The predicted molar refractivity (Wildman–Crippen MR) is 95.9 cm³/mol. The van der Waals surface area contributed by atoms with E-state index in [0.29, 0.717) is 36.2 Å². The van der Waals surface area contributed by atoms with Crippen LogP contribution in [0, 0.1) is 5.92 Å². The molecule has 0 saturated heterocycles. The molecule has 0 radical (unpaired) electrons. The van der Waals surface area contributed by atoms with Gasteiger partial charge in [-0.2, -0.15) is 4.98 Å². The number of nitrogens with one attached hydrogen (secondary N) is 1. The van der Waals surface area contributed by atoms with E-state index in [1.807, 2.05) is 35.7 Å². The molecule has 0 aliphatic heterocycles. The zero-order chi connectivity index (χ0) is 17.6. The average molecular weight is 356 g/mol. The van der Waals surface area contributed by atoms with E-state index >= 15 is 0 Å². The molecule has 1 amide bonds. The molecule has 0 aliphatic carbocycles. The first-order chi connectivity index (χ1) is 12.1. The van der Waals surface area contributed by atoms with Crippen LogP contribution in [0.5, 0.6) is 0 Å². The van der Waals surface area contributed by atoms with Gasteiger partial charge in [-0.1, -0.05) is 31.1 Å². The zero-order valence-electron chi connectivity index (χ0n) is 14.2. The highest BCUT2D eigenvalue weighted by Gasteiger charge is 2.19. The first-order valence-electron chi connectivity index (χ1n) is 8.20. The summed E-state index contributed by atoms with van der Waals surface area (Å²) in [5, 5.41) is 9.03. The van der Waals surface area contributed by atoms with Crippen LogP contribution in [-0.4, -0.2) is 21.0 Å². The molecule has 3 heterocycles. The molecule has 0 saturated carbocycles. The minimum Gasteiger partial charge on any atom is -0.348 e. The molecule has 0 aliphatic rings. The van der Waals surface area contributed by atoms with Crippen LogP contribution in [0.1, 0.15) is 37.1 Å². The minimum absolute atomic E-state index is 0.0234. The number of aryl methyl sites for hydroxylation is 1. The van der Waals surface area contributed by atoms with Crippen molar-refractivity contribution < 1.29 is 9.32 Å². The van der Waals surface area contributed by atoms with Crippen molar-refractivity contribution in [3.8, 4) is 11.5 Å². The first kappa shape index (κ1) is 17.3. The summed E-state index contributed by atoms with van der Waals surface area (Å²) in [5.41, 5.74) is 0.652. The predicted octanol–water partition coefficient (Wildman–Crippen LogP) is 3.64. The quantitative estimate of drug-likeness (QED) is 0.699. The molecule has 3 aromatic rings. The Balaban J connectivity index is 1.56. The van der Waals surface area contributed by atoms with Crippen LogP contribution in [0.4, 0.5) is 0 Å². The Labute approximate surface area is 150 Å². The monoisotopic (exact) mass is 356 g/mol. The van der Waals surface area contributed by atoms with Gasteiger partial charge in [0.25, 0.3) is 0 Å². The van der Waals surface area contributed by atoms with E-state index < -0.39 is 0 Å². The standard InChI is InChI=1S/C18H20N4O2S/c1-12(2)17(14-7-5-11-25-14)20-15(23)8-9-16-21-18(22-24-16)13-6-3-4-10-19-13/h3-7,10-12,17H,8-9H2,1-2H3,(H,20,23)/t17-/m1/s1. The number of rotatable bonds is 7. The molecule has 0 bridgehead atoms. The fourth-order valence-corrected chi connectivity index (χ4v) is 3.41. The van der Waals surface area contributed by atoms with Gasteiger partial charge in [-0.05, 0) is 29.5 Å². The van der Waals surface area contributed by atoms with Gasteiger partial charge in [0.15, 0.2) is 0 Å². The molecule has 3 aromatic heterocycles. The van der Waals surface area contributed by atoms with E-state index in [9.17, 15) is 4.79 Å². The third kappa shape index (κ3) is 4.51. The molecule has 0 fully saturated rings. The number of thiophene rings is 1. The van der Waals surface area contributed by atoms with Crippen LogP contribution in [0.25, 0.3) is 11.5 Å². The smallest absolute Gasteiger partial charge is 0.227 e. The van der Waals surface area contributed by atoms with Crippen LogP contribution >= 0.6 is 11.3 Å². The van der Waals surface area contributed by atoms with Gasteiger partial charge in [-0.3, -0.25) is 9.78 Å². The lowest BCUT2D eigenvalue weighted by molar-refractivity contribution is -0.122. The average Bonchev–Trinajstić information content (AvgIpc) is 3.30. The normalized spacial score (nSPS) is 12.3. The van der Waals surface area contributed by atoms with Gasteiger partial charge in [-0.25, -0.2) is 0 Å². The summed E-state index contributed by atoms with van der Waals surface area (Å²) in [4.78, 5) is 21.9. The van der Waals surface area contributed by atoms with Gasteiger partial charge in [0.2, 0.25) is 17.6 Å². The molecule has 1 N–H and O–H groups in total. The summed E-state index contributed by atoms with van der Waals surface area (Å²) < 4.78 is 5.22. The summed E-state index contributed by atoms with van der Waals surface area (Å²) in [6.45, 7) is 4.20. The number of hydrogen-bond acceptors (Lipinski definition) is 6. The molecule has 130 valence electrons. The highest BCUT2D eigenvalue weighted by atomic mass is 32.1. The van der Waals surface area contributed by atoms with Crippen molar-refractivity contribution in [1.29, 1.82) is 0 Å². The van der Waals surface area contributed by atoms with Crippen molar-refractivity contribution in [1.82, 2.24) is 20.4 Å². The summed E-state index contributed by atoms with van der Waals surface area (Å²) >= 11 is 1.65. The van der Waals surface area contributed by atoms with Gasteiger partial charge in [0, 0.05) is 23.9 Å². The lowest BCUT2D eigenvalue weighted by Gasteiger charge is -2.21. The number of carbonyl (C=O) groups is 1. The van der Waals surface area contributed by atoms with Gasteiger partial charge in [-0.15, -0.1) is 11.3 Å². The van der Waals surface area contributed by atoms with Crippen LogP contribution in [0.15, 0.2) is 46.4 Å². The summed E-state index contributed by atoms with van der Waals surface area (Å²) in [7, 11) is 0. The van der Waals surface area contributed by atoms with E-state index in [1.54, 1.807) is 17.5 Å². The Morgan fingerprint density at radius 1 is 1.28 bits per heavy atom. The molecule has 0 aromatic carbocycles. The fourth-order valence-electron chi connectivity index (χ4n) is 2.46. The number of carbonyl (C=O) groups excluding carboxylic acids is 1. The van der Waals surface area contributed by atoms with Crippen molar-refractivity contribution in [2.75, 3.05) is 0 Å². The molecule has 0 spiro atoms. The molecule has 0 unspecified atom stereocenters. The summed E-state index contributed by atoms with van der Waals surface area (Å²) in [5.74, 6) is 1.18. The molecule has 3 rings (SSSR count). The molecule has 7 heteroatoms. The Morgan fingerprint density at radius 2 is 2.16 bits per heavy atom. The van der Waals surface area contributed by atoms with Crippen molar-refractivity contribution >= 4 is 17.2 Å². The van der Waals surface area contributed by atoms with Crippen molar-refractivity contribution in [3.63, 3.8) is 0 Å². The second-order valence-corrected chi connectivity index (χ2v) is 7.01. The number of pyridine rings is 1. The van der Waals surface area contributed by atoms with E-state index in [-0.39, 0.29) is 11.9 Å². The molecule has 1 atom stereocenters. The van der Waals surface area contributed by atoms with Gasteiger partial charge in [0.1, 0.15) is 5.69 Å². The number of nitrogens with zero attached hydrogens (tertiary/aromatic N) is 3. The van der Waals surface area contributed by atoms with Crippen molar-refractivity contribution in [2.24, 2.45) is 5.92 Å². The third-order valence-electron chi connectivity index (χ3n) is 3.76. The summed E-state index contributed by atoms with van der Waals surface area (Å²) in [6.07, 6.45) is 2.38. The Bertz CT molecular complexity index is 800. The zero-order valence-corrected chi connectivity index (χ0v) is 15.0. The highest BCUT2D eigenvalue weighted by Crippen LogP contribution is 2.25. The van der Waals surface area contributed by atoms with Gasteiger partial charge < -0.3 is 9.84 Å². The lowest BCUT2D eigenvalue weighted by Crippen LogP contribution is -2.31. The Morgan fingerprint density at radius 3 is 2.84 bits per heavy atom. The van der Waals surface area contributed by atoms with E-state index in [1.165, 1.54) is 4.88 Å². The lowest BCUT2D eigenvalue weighted by atomic mass is 10.0. The van der Waals surface area contributed by atoms with Crippen molar-refractivity contribution in [2.45, 2.75) is 32.7 Å². The van der Waals surface area contributed by atoms with E-state index in [4.69, 9.17) is 4.52 Å². The number of hydrogen-bond donors (Lipinski definition) is 1.